The summed E-state index contributed by atoms with van der Waals surface area (Å²) >= 11 is 0. The number of carbonyl (C=O) groups is 1. The standard InChI is InChI=1S/C6H9N3O2/c1-2-7-5(10)4-6(11)9-3-8-4/h3,11H,2H2,1H3,(H,7,10)(H,8,9). The van der Waals surface area contributed by atoms with E-state index in [1.165, 1.54) is 6.33 Å². The number of aromatic hydroxyl groups is 1. The SMILES string of the molecule is CCNC(=O)c1[nH]cnc1O. The number of hydrogen-bond donors (Lipinski definition) is 3. The predicted octanol–water partition coefficient (Wildman–Crippen LogP) is -0.135. The average molecular weight is 155 g/mol. The fourth-order valence-electron chi connectivity index (χ4n) is 0.703. The van der Waals surface area contributed by atoms with Crippen molar-refractivity contribution in [2.24, 2.45) is 0 Å². The molecule has 1 heterocycles. The molecule has 3 N–H and O–H groups in total. The highest BCUT2D eigenvalue weighted by Crippen LogP contribution is 2.08. The summed E-state index contributed by atoms with van der Waals surface area (Å²) in [4.78, 5) is 17.0. The molecule has 0 aromatic carbocycles. The monoisotopic (exact) mass is 155 g/mol. The van der Waals surface area contributed by atoms with Gasteiger partial charge in [0.25, 0.3) is 5.91 Å². The lowest BCUT2D eigenvalue weighted by Crippen LogP contribution is -2.22. The number of H-pyrrole nitrogens is 1. The molecule has 0 aliphatic heterocycles. The van der Waals surface area contributed by atoms with Gasteiger partial charge in [-0.15, -0.1) is 0 Å². The van der Waals surface area contributed by atoms with Crippen LogP contribution in [0.25, 0.3) is 0 Å². The first kappa shape index (κ1) is 7.59. The lowest BCUT2D eigenvalue weighted by atomic mass is 10.4. The molecule has 0 fully saturated rings. The van der Waals surface area contributed by atoms with Gasteiger partial charge < -0.3 is 15.4 Å². The molecule has 5 heteroatoms. The minimum atomic E-state index is -0.345. The molecule has 0 atom stereocenters. The summed E-state index contributed by atoms with van der Waals surface area (Å²) in [5, 5.41) is 11.5. The summed E-state index contributed by atoms with van der Waals surface area (Å²) in [5.74, 6) is -0.613. The van der Waals surface area contributed by atoms with E-state index in [0.29, 0.717) is 6.54 Å². The van der Waals surface area contributed by atoms with E-state index < -0.39 is 0 Å². The van der Waals surface area contributed by atoms with Gasteiger partial charge in [0.1, 0.15) is 0 Å². The smallest absolute Gasteiger partial charge is 0.273 e. The van der Waals surface area contributed by atoms with Gasteiger partial charge in [-0.05, 0) is 6.92 Å². The van der Waals surface area contributed by atoms with Crippen LogP contribution in [0.5, 0.6) is 5.88 Å². The molecule has 0 unspecified atom stereocenters. The van der Waals surface area contributed by atoms with E-state index in [9.17, 15) is 4.79 Å². The number of aromatic amines is 1. The van der Waals surface area contributed by atoms with Crippen LogP contribution in [0.3, 0.4) is 0 Å². The molecule has 0 aliphatic carbocycles. The molecule has 1 rings (SSSR count). The highest BCUT2D eigenvalue weighted by molar-refractivity contribution is 5.94. The number of rotatable bonds is 2. The highest BCUT2D eigenvalue weighted by Gasteiger charge is 2.11. The van der Waals surface area contributed by atoms with Gasteiger partial charge in [0.05, 0.1) is 6.33 Å². The fourth-order valence-corrected chi connectivity index (χ4v) is 0.703. The van der Waals surface area contributed by atoms with E-state index in [2.05, 4.69) is 15.3 Å². The Morgan fingerprint density at radius 1 is 1.91 bits per heavy atom. The first-order valence-corrected chi connectivity index (χ1v) is 3.26. The Labute approximate surface area is 63.5 Å². The van der Waals surface area contributed by atoms with Crippen LogP contribution in [-0.4, -0.2) is 27.5 Å². The molecule has 1 amide bonds. The molecule has 0 radical (unpaired) electrons. The van der Waals surface area contributed by atoms with E-state index >= 15 is 0 Å². The van der Waals surface area contributed by atoms with Crippen molar-refractivity contribution < 1.29 is 9.90 Å². The molecule has 0 spiro atoms. The Balaban J connectivity index is 2.76. The molecule has 1 aromatic heterocycles. The Hall–Kier alpha value is -1.52. The highest BCUT2D eigenvalue weighted by atomic mass is 16.3. The van der Waals surface area contributed by atoms with Gasteiger partial charge >= 0.3 is 0 Å². The van der Waals surface area contributed by atoms with Crippen molar-refractivity contribution in [3.05, 3.63) is 12.0 Å². The Morgan fingerprint density at radius 2 is 2.64 bits per heavy atom. The largest absolute Gasteiger partial charge is 0.492 e. The minimum absolute atomic E-state index is 0.104. The zero-order valence-corrected chi connectivity index (χ0v) is 6.09. The van der Waals surface area contributed by atoms with Crippen LogP contribution in [0.15, 0.2) is 6.33 Å². The normalized spacial score (nSPS) is 9.55. The maximum Gasteiger partial charge on any atom is 0.273 e. The van der Waals surface area contributed by atoms with Crippen LogP contribution < -0.4 is 5.32 Å². The van der Waals surface area contributed by atoms with Gasteiger partial charge in [-0.1, -0.05) is 0 Å². The van der Waals surface area contributed by atoms with E-state index in [1.807, 2.05) is 0 Å². The van der Waals surface area contributed by atoms with Crippen molar-refractivity contribution in [3.8, 4) is 5.88 Å². The van der Waals surface area contributed by atoms with E-state index in [-0.39, 0.29) is 17.5 Å². The van der Waals surface area contributed by atoms with E-state index in [4.69, 9.17) is 5.11 Å². The number of nitrogens with one attached hydrogen (secondary N) is 2. The molecular formula is C6H9N3O2. The average Bonchev–Trinajstić information content (AvgIpc) is 2.36. The van der Waals surface area contributed by atoms with Gasteiger partial charge in [-0.25, -0.2) is 4.98 Å². The van der Waals surface area contributed by atoms with Crippen LogP contribution in [0, 0.1) is 0 Å². The molecule has 0 saturated carbocycles. The van der Waals surface area contributed by atoms with Crippen LogP contribution >= 0.6 is 0 Å². The van der Waals surface area contributed by atoms with Gasteiger partial charge in [0.2, 0.25) is 5.88 Å². The lowest BCUT2D eigenvalue weighted by molar-refractivity contribution is 0.0948. The maximum absolute atomic E-state index is 11.0. The second kappa shape index (κ2) is 3.05. The van der Waals surface area contributed by atoms with E-state index in [1.54, 1.807) is 6.92 Å². The number of hydrogen-bond acceptors (Lipinski definition) is 3. The number of imidazole rings is 1. The number of aromatic nitrogens is 2. The molecule has 0 aliphatic rings. The molecular weight excluding hydrogens is 146 g/mol. The minimum Gasteiger partial charge on any atom is -0.492 e. The summed E-state index contributed by atoms with van der Waals surface area (Å²) in [7, 11) is 0. The molecule has 1 aromatic rings. The summed E-state index contributed by atoms with van der Waals surface area (Å²) in [6.07, 6.45) is 1.26. The lowest BCUT2D eigenvalue weighted by Gasteiger charge is -1.97. The Bertz CT molecular complexity index is 256. The number of amides is 1. The summed E-state index contributed by atoms with van der Waals surface area (Å²) in [6.45, 7) is 2.32. The third-order valence-electron chi connectivity index (χ3n) is 1.18. The third kappa shape index (κ3) is 1.49. The van der Waals surface area contributed by atoms with Crippen LogP contribution in [0.2, 0.25) is 0 Å². The van der Waals surface area contributed by atoms with Crippen molar-refractivity contribution in [2.45, 2.75) is 6.92 Å². The fraction of sp³-hybridized carbons (Fsp3) is 0.333. The maximum atomic E-state index is 11.0. The quantitative estimate of drug-likeness (QED) is 0.556. The summed E-state index contributed by atoms with van der Waals surface area (Å²) in [6, 6.07) is 0. The van der Waals surface area contributed by atoms with E-state index in [0.717, 1.165) is 0 Å². The molecule has 5 nitrogen and oxygen atoms in total. The molecule has 60 valence electrons. The first-order chi connectivity index (χ1) is 5.25. The van der Waals surface area contributed by atoms with Crippen LogP contribution in [0.1, 0.15) is 17.4 Å². The van der Waals surface area contributed by atoms with Crippen LogP contribution in [-0.2, 0) is 0 Å². The molecule has 0 saturated heterocycles. The summed E-state index contributed by atoms with van der Waals surface area (Å²) < 4.78 is 0. The van der Waals surface area contributed by atoms with Gasteiger partial charge in [-0.2, -0.15) is 0 Å². The Morgan fingerprint density at radius 3 is 3.09 bits per heavy atom. The molecule has 11 heavy (non-hydrogen) atoms. The van der Waals surface area contributed by atoms with Gasteiger partial charge in [0, 0.05) is 6.54 Å². The summed E-state index contributed by atoms with van der Waals surface area (Å²) in [5.41, 5.74) is 0.104. The van der Waals surface area contributed by atoms with Crippen molar-refractivity contribution in [1.29, 1.82) is 0 Å². The van der Waals surface area contributed by atoms with Gasteiger partial charge in [0.15, 0.2) is 5.69 Å². The van der Waals surface area contributed by atoms with Crippen LogP contribution in [0.4, 0.5) is 0 Å². The topological polar surface area (TPSA) is 78.0 Å². The number of carbonyl (C=O) groups excluding carboxylic acids is 1. The second-order valence-electron chi connectivity index (χ2n) is 1.96. The predicted molar refractivity (Wildman–Crippen MR) is 38.3 cm³/mol. The first-order valence-electron chi connectivity index (χ1n) is 3.26. The zero-order valence-electron chi connectivity index (χ0n) is 6.09. The van der Waals surface area contributed by atoms with Crippen molar-refractivity contribution in [3.63, 3.8) is 0 Å². The number of nitrogens with zero attached hydrogens (tertiary/aromatic N) is 1. The molecule has 0 bridgehead atoms. The third-order valence-corrected chi connectivity index (χ3v) is 1.18. The van der Waals surface area contributed by atoms with Crippen molar-refractivity contribution in [2.75, 3.05) is 6.54 Å². The Kier molecular flexibility index (Phi) is 2.10. The van der Waals surface area contributed by atoms with Crippen molar-refractivity contribution >= 4 is 5.91 Å². The van der Waals surface area contributed by atoms with Gasteiger partial charge in [-0.3, -0.25) is 4.79 Å². The zero-order chi connectivity index (χ0) is 8.27. The van der Waals surface area contributed by atoms with Crippen molar-refractivity contribution in [1.82, 2.24) is 15.3 Å². The second-order valence-corrected chi connectivity index (χ2v) is 1.96.